The van der Waals surface area contributed by atoms with Crippen LogP contribution >= 0.6 is 11.6 Å². The number of nitrogens with zero attached hydrogens (tertiary/aromatic N) is 1. The molecule has 0 bridgehead atoms. The molecule has 0 saturated carbocycles. The van der Waals surface area contributed by atoms with Crippen LogP contribution in [0.4, 0.5) is 38.1 Å². The Hall–Kier alpha value is -3.08. The van der Waals surface area contributed by atoms with Crippen molar-refractivity contribution in [1.82, 2.24) is 4.90 Å². The number of nitrogens with one attached hydrogen (secondary N) is 2. The minimum absolute atomic E-state index is 0.183. The van der Waals surface area contributed by atoms with Crippen molar-refractivity contribution in [2.75, 3.05) is 17.2 Å². The average Bonchev–Trinajstić information content (AvgIpc) is 2.72. The van der Waals surface area contributed by atoms with E-state index in [-0.39, 0.29) is 17.6 Å². The molecule has 0 aromatic heterocycles. The van der Waals surface area contributed by atoms with Crippen LogP contribution in [0.1, 0.15) is 38.1 Å². The van der Waals surface area contributed by atoms with Gasteiger partial charge in [-0.3, -0.25) is 4.79 Å². The number of amides is 3. The Bertz CT molecular complexity index is 1040. The fraction of sp³-hybridized carbons (Fsp3) is 0.364. The fourth-order valence-corrected chi connectivity index (χ4v) is 3.12. The van der Waals surface area contributed by atoms with Crippen molar-refractivity contribution in [2.24, 2.45) is 0 Å². The topological polar surface area (TPSA) is 70.7 Å². The van der Waals surface area contributed by atoms with Crippen LogP contribution in [0, 0.1) is 11.6 Å². The Balaban J connectivity index is 2.49. The van der Waals surface area contributed by atoms with Gasteiger partial charge in [0.15, 0.2) is 6.10 Å². The number of anilines is 2. The van der Waals surface area contributed by atoms with Gasteiger partial charge in [0.1, 0.15) is 17.4 Å². The van der Waals surface area contributed by atoms with Crippen LogP contribution in [0.25, 0.3) is 0 Å². The number of alkyl halides is 3. The summed E-state index contributed by atoms with van der Waals surface area (Å²) in [4.78, 5) is 26.5. The van der Waals surface area contributed by atoms with Gasteiger partial charge in [-0.25, -0.2) is 13.6 Å². The predicted molar refractivity (Wildman–Crippen MR) is 118 cm³/mol. The van der Waals surface area contributed by atoms with Crippen LogP contribution in [-0.4, -0.2) is 41.7 Å². The van der Waals surface area contributed by atoms with Crippen molar-refractivity contribution in [3.05, 3.63) is 52.6 Å². The van der Waals surface area contributed by atoms with Gasteiger partial charge in [-0.1, -0.05) is 17.7 Å². The number of hydrogen-bond donors (Lipinski definition) is 2. The lowest BCUT2D eigenvalue weighted by Gasteiger charge is -2.26. The van der Waals surface area contributed by atoms with E-state index < -0.39 is 58.5 Å². The highest BCUT2D eigenvalue weighted by Crippen LogP contribution is 2.33. The molecule has 12 heteroatoms. The van der Waals surface area contributed by atoms with Crippen molar-refractivity contribution in [3.8, 4) is 5.75 Å². The Morgan fingerprint density at radius 1 is 1.09 bits per heavy atom. The molecule has 2 aromatic carbocycles. The van der Waals surface area contributed by atoms with Crippen LogP contribution in [0.5, 0.6) is 5.75 Å². The molecule has 0 saturated heterocycles. The lowest BCUT2D eigenvalue weighted by Crippen LogP contribution is -2.40. The Kier molecular flexibility index (Phi) is 8.71. The zero-order chi connectivity index (χ0) is 25.8. The summed E-state index contributed by atoms with van der Waals surface area (Å²) in [6.07, 6.45) is -7.19. The van der Waals surface area contributed by atoms with Crippen LogP contribution in [0.15, 0.2) is 30.3 Å². The summed E-state index contributed by atoms with van der Waals surface area (Å²) in [5, 5.41) is 4.19. The third kappa shape index (κ3) is 6.49. The van der Waals surface area contributed by atoms with Gasteiger partial charge in [-0.2, -0.15) is 13.2 Å². The van der Waals surface area contributed by atoms with E-state index >= 15 is 0 Å². The molecule has 2 aromatic rings. The molecule has 0 radical (unpaired) electrons. The summed E-state index contributed by atoms with van der Waals surface area (Å²) >= 11 is 5.87. The van der Waals surface area contributed by atoms with E-state index in [2.05, 4.69) is 10.6 Å². The highest BCUT2D eigenvalue weighted by Gasteiger charge is 2.39. The van der Waals surface area contributed by atoms with E-state index in [9.17, 15) is 31.5 Å². The third-order valence-electron chi connectivity index (χ3n) is 4.75. The van der Waals surface area contributed by atoms with Gasteiger partial charge in [-0.15, -0.1) is 0 Å². The van der Waals surface area contributed by atoms with Gasteiger partial charge in [0.25, 0.3) is 5.91 Å². The first kappa shape index (κ1) is 27.2. The molecule has 6 nitrogen and oxygen atoms in total. The van der Waals surface area contributed by atoms with E-state index in [4.69, 9.17) is 16.3 Å². The third-order valence-corrected chi connectivity index (χ3v) is 5.06. The quantitative estimate of drug-likeness (QED) is 0.422. The number of hydrogen-bond acceptors (Lipinski definition) is 3. The van der Waals surface area contributed by atoms with E-state index in [1.165, 1.54) is 17.0 Å². The smallest absolute Gasteiger partial charge is 0.425 e. The largest absolute Gasteiger partial charge is 0.480 e. The maximum atomic E-state index is 14.8. The second-order valence-electron chi connectivity index (χ2n) is 7.49. The molecule has 0 spiro atoms. The molecule has 0 heterocycles. The highest BCUT2D eigenvalue weighted by molar-refractivity contribution is 6.34. The molecule has 1 atom stereocenters. The summed E-state index contributed by atoms with van der Waals surface area (Å²) in [5.74, 6) is -3.89. The van der Waals surface area contributed by atoms with Gasteiger partial charge >= 0.3 is 12.2 Å². The van der Waals surface area contributed by atoms with Crippen molar-refractivity contribution >= 4 is 34.9 Å². The number of urea groups is 1. The van der Waals surface area contributed by atoms with Crippen molar-refractivity contribution in [3.63, 3.8) is 0 Å². The highest BCUT2D eigenvalue weighted by atomic mass is 35.5. The van der Waals surface area contributed by atoms with Gasteiger partial charge in [-0.05, 0) is 45.9 Å². The number of para-hydroxylation sites is 1. The number of carbonyl (C=O) groups excluding carboxylic acids is 2. The Morgan fingerprint density at radius 3 is 2.26 bits per heavy atom. The Morgan fingerprint density at radius 2 is 1.74 bits per heavy atom. The minimum Gasteiger partial charge on any atom is -0.480 e. The first-order chi connectivity index (χ1) is 15.8. The number of carbonyl (C=O) groups is 2. The Labute approximate surface area is 198 Å². The van der Waals surface area contributed by atoms with Crippen molar-refractivity contribution < 1.29 is 36.3 Å². The van der Waals surface area contributed by atoms with E-state index in [0.717, 1.165) is 12.1 Å². The molecule has 0 aliphatic rings. The molecule has 0 aliphatic carbocycles. The fourth-order valence-electron chi connectivity index (χ4n) is 2.91. The van der Waals surface area contributed by atoms with Crippen molar-refractivity contribution in [1.29, 1.82) is 0 Å². The standard InChI is InChI=1S/C22H23ClF5N3O3/c1-5-31(11(2)3)21(33)29-17-10-18(34-12(4)22(26,27)28)13(9-16(17)25)20(32)30-19-14(23)7-6-8-15(19)24/h6-12H,5H2,1-4H3,(H,29,33)(H,30,32). The lowest BCUT2D eigenvalue weighted by molar-refractivity contribution is -0.189. The van der Waals surface area contributed by atoms with Gasteiger partial charge in [0.2, 0.25) is 0 Å². The normalized spacial score (nSPS) is 12.3. The molecule has 0 fully saturated rings. The molecular formula is C22H23ClF5N3O3. The SMILES string of the molecule is CCN(C(=O)Nc1cc(OC(C)C(F)(F)F)c(C(=O)Nc2c(F)cccc2Cl)cc1F)C(C)C. The zero-order valence-corrected chi connectivity index (χ0v) is 19.4. The summed E-state index contributed by atoms with van der Waals surface area (Å²) in [5.41, 5.74) is -1.62. The van der Waals surface area contributed by atoms with Crippen molar-refractivity contribution in [2.45, 2.75) is 46.0 Å². The zero-order valence-electron chi connectivity index (χ0n) is 18.7. The van der Waals surface area contributed by atoms with E-state index in [0.29, 0.717) is 13.0 Å². The first-order valence-corrected chi connectivity index (χ1v) is 10.5. The number of halogens is 6. The maximum Gasteiger partial charge on any atom is 0.425 e. The minimum atomic E-state index is -4.81. The van der Waals surface area contributed by atoms with Gasteiger partial charge < -0.3 is 20.3 Å². The van der Waals surface area contributed by atoms with Crippen LogP contribution in [0.2, 0.25) is 5.02 Å². The average molecular weight is 508 g/mol. The summed E-state index contributed by atoms with van der Waals surface area (Å²) in [6.45, 7) is 6.11. The second kappa shape index (κ2) is 10.9. The van der Waals surface area contributed by atoms with Gasteiger partial charge in [0.05, 0.1) is 22.0 Å². The molecule has 1 unspecified atom stereocenters. The predicted octanol–water partition coefficient (Wildman–Crippen LogP) is 6.46. The number of ether oxygens (including phenoxy) is 1. The summed E-state index contributed by atoms with van der Waals surface area (Å²) in [6, 6.07) is 3.95. The molecule has 2 rings (SSSR count). The first-order valence-electron chi connectivity index (χ1n) is 10.2. The van der Waals surface area contributed by atoms with Crippen LogP contribution in [-0.2, 0) is 0 Å². The lowest BCUT2D eigenvalue weighted by atomic mass is 10.1. The maximum absolute atomic E-state index is 14.8. The molecule has 3 amide bonds. The van der Waals surface area contributed by atoms with Crippen LogP contribution in [0.3, 0.4) is 0 Å². The molecule has 0 aliphatic heterocycles. The number of rotatable bonds is 7. The van der Waals surface area contributed by atoms with Crippen LogP contribution < -0.4 is 15.4 Å². The molecule has 34 heavy (non-hydrogen) atoms. The summed E-state index contributed by atoms with van der Waals surface area (Å²) in [7, 11) is 0. The number of benzene rings is 2. The van der Waals surface area contributed by atoms with E-state index in [1.807, 2.05) is 0 Å². The molecule has 2 N–H and O–H groups in total. The van der Waals surface area contributed by atoms with Gasteiger partial charge in [0, 0.05) is 18.7 Å². The van der Waals surface area contributed by atoms with E-state index in [1.54, 1.807) is 20.8 Å². The molecular weight excluding hydrogens is 485 g/mol. The monoisotopic (exact) mass is 507 g/mol. The summed E-state index contributed by atoms with van der Waals surface area (Å²) < 4.78 is 73.1. The molecule has 186 valence electrons. The second-order valence-corrected chi connectivity index (χ2v) is 7.90.